The predicted molar refractivity (Wildman–Crippen MR) is 65.1 cm³/mol. The maximum atomic E-state index is 11.6. The van der Waals surface area contributed by atoms with Crippen molar-refractivity contribution in [1.82, 2.24) is 0 Å². The van der Waals surface area contributed by atoms with Crippen LogP contribution in [0.1, 0.15) is 24.8 Å². The van der Waals surface area contributed by atoms with Gasteiger partial charge in [0.1, 0.15) is 11.9 Å². The lowest BCUT2D eigenvalue weighted by molar-refractivity contribution is -0.128. The molecular formula is C14H18O3. The van der Waals surface area contributed by atoms with Crippen molar-refractivity contribution < 1.29 is 14.6 Å². The average molecular weight is 234 g/mol. The van der Waals surface area contributed by atoms with E-state index < -0.39 is 6.10 Å². The Bertz CT molecular complexity index is 379. The molecule has 17 heavy (non-hydrogen) atoms. The van der Waals surface area contributed by atoms with Gasteiger partial charge in [-0.1, -0.05) is 12.1 Å². The van der Waals surface area contributed by atoms with Gasteiger partial charge < -0.3 is 9.84 Å². The molecule has 1 aliphatic rings. The molecule has 3 nitrogen and oxygen atoms in total. The molecule has 0 heterocycles. The molecule has 1 aromatic rings. The third kappa shape index (κ3) is 3.30. The summed E-state index contributed by atoms with van der Waals surface area (Å²) in [6.07, 6.45) is 2.37. The first-order valence-corrected chi connectivity index (χ1v) is 6.04. The Labute approximate surface area is 101 Å². The van der Waals surface area contributed by atoms with Gasteiger partial charge in [0.05, 0.1) is 7.11 Å². The van der Waals surface area contributed by atoms with Crippen LogP contribution in [-0.2, 0) is 11.2 Å². The molecule has 1 N–H and O–H groups in total. The molecule has 1 aliphatic carbocycles. The monoisotopic (exact) mass is 234 g/mol. The number of rotatable bonds is 6. The number of aliphatic hydroxyl groups is 1. The molecule has 1 aromatic carbocycles. The number of carbonyl (C=O) groups excluding carboxylic acids is 1. The SMILES string of the molecule is COc1ccc(CCC(=O)C(O)C2CC2)cc1. The predicted octanol–water partition coefficient (Wildman–Crippen LogP) is 1.97. The summed E-state index contributed by atoms with van der Waals surface area (Å²) in [5.41, 5.74) is 1.10. The number of benzene rings is 1. The fourth-order valence-corrected chi connectivity index (χ4v) is 1.88. The number of ether oxygens (including phenoxy) is 1. The summed E-state index contributed by atoms with van der Waals surface area (Å²) in [5.74, 6) is 1.03. The number of aliphatic hydroxyl groups excluding tert-OH is 1. The molecule has 3 heteroatoms. The highest BCUT2D eigenvalue weighted by molar-refractivity contribution is 5.83. The summed E-state index contributed by atoms with van der Waals surface area (Å²) in [7, 11) is 1.63. The van der Waals surface area contributed by atoms with Crippen LogP contribution in [0.2, 0.25) is 0 Å². The van der Waals surface area contributed by atoms with Gasteiger partial charge in [-0.2, -0.15) is 0 Å². The van der Waals surface area contributed by atoms with E-state index in [1.165, 1.54) is 0 Å². The van der Waals surface area contributed by atoms with Crippen molar-refractivity contribution in [3.63, 3.8) is 0 Å². The van der Waals surface area contributed by atoms with E-state index in [1.807, 2.05) is 24.3 Å². The molecule has 0 saturated heterocycles. The molecule has 1 unspecified atom stereocenters. The minimum atomic E-state index is -0.728. The first-order valence-electron chi connectivity index (χ1n) is 6.04. The van der Waals surface area contributed by atoms with Gasteiger partial charge in [0, 0.05) is 6.42 Å². The second kappa shape index (κ2) is 5.32. The zero-order chi connectivity index (χ0) is 12.3. The third-order valence-corrected chi connectivity index (χ3v) is 3.22. The van der Waals surface area contributed by atoms with E-state index in [9.17, 15) is 9.90 Å². The number of aryl methyl sites for hydroxylation is 1. The Balaban J connectivity index is 1.82. The molecule has 1 fully saturated rings. The van der Waals surface area contributed by atoms with Crippen LogP contribution >= 0.6 is 0 Å². The van der Waals surface area contributed by atoms with Gasteiger partial charge in [0.25, 0.3) is 0 Å². The van der Waals surface area contributed by atoms with Crippen molar-refractivity contribution in [3.8, 4) is 5.75 Å². The molecule has 0 amide bonds. The minimum Gasteiger partial charge on any atom is -0.497 e. The largest absolute Gasteiger partial charge is 0.497 e. The molecule has 0 bridgehead atoms. The highest BCUT2D eigenvalue weighted by atomic mass is 16.5. The second-order valence-corrected chi connectivity index (χ2v) is 4.60. The van der Waals surface area contributed by atoms with Gasteiger partial charge in [0.2, 0.25) is 0 Å². The zero-order valence-corrected chi connectivity index (χ0v) is 10.1. The molecule has 0 spiro atoms. The average Bonchev–Trinajstić information content (AvgIpc) is 3.20. The van der Waals surface area contributed by atoms with E-state index in [0.29, 0.717) is 12.8 Å². The van der Waals surface area contributed by atoms with Crippen molar-refractivity contribution in [2.75, 3.05) is 7.11 Å². The van der Waals surface area contributed by atoms with Crippen LogP contribution in [0, 0.1) is 5.92 Å². The van der Waals surface area contributed by atoms with Crippen LogP contribution in [0.4, 0.5) is 0 Å². The second-order valence-electron chi connectivity index (χ2n) is 4.60. The molecular weight excluding hydrogens is 216 g/mol. The van der Waals surface area contributed by atoms with Gasteiger partial charge in [-0.15, -0.1) is 0 Å². The summed E-state index contributed by atoms with van der Waals surface area (Å²) in [6, 6.07) is 7.68. The van der Waals surface area contributed by atoms with E-state index in [0.717, 1.165) is 24.2 Å². The lowest BCUT2D eigenvalue weighted by Crippen LogP contribution is -2.22. The maximum Gasteiger partial charge on any atom is 0.161 e. The highest BCUT2D eigenvalue weighted by Gasteiger charge is 2.33. The zero-order valence-electron chi connectivity index (χ0n) is 10.1. The molecule has 1 saturated carbocycles. The fourth-order valence-electron chi connectivity index (χ4n) is 1.88. The molecule has 0 aliphatic heterocycles. The number of carbonyl (C=O) groups is 1. The molecule has 2 rings (SSSR count). The Kier molecular flexibility index (Phi) is 3.79. The quantitative estimate of drug-likeness (QED) is 0.818. The van der Waals surface area contributed by atoms with Crippen molar-refractivity contribution in [1.29, 1.82) is 0 Å². The summed E-state index contributed by atoms with van der Waals surface area (Å²) in [5, 5.41) is 9.65. The van der Waals surface area contributed by atoms with Crippen molar-refractivity contribution in [2.45, 2.75) is 31.8 Å². The van der Waals surface area contributed by atoms with Crippen LogP contribution in [0.5, 0.6) is 5.75 Å². The molecule has 92 valence electrons. The van der Waals surface area contributed by atoms with E-state index in [-0.39, 0.29) is 11.7 Å². The Morgan fingerprint density at radius 1 is 1.41 bits per heavy atom. The Morgan fingerprint density at radius 2 is 2.06 bits per heavy atom. The third-order valence-electron chi connectivity index (χ3n) is 3.22. The van der Waals surface area contributed by atoms with Crippen LogP contribution in [0.25, 0.3) is 0 Å². The summed E-state index contributed by atoms with van der Waals surface area (Å²) < 4.78 is 5.07. The molecule has 0 radical (unpaired) electrons. The van der Waals surface area contributed by atoms with E-state index in [4.69, 9.17) is 4.74 Å². The number of hydrogen-bond donors (Lipinski definition) is 1. The lowest BCUT2D eigenvalue weighted by Gasteiger charge is -2.08. The molecule has 1 atom stereocenters. The van der Waals surface area contributed by atoms with Crippen molar-refractivity contribution >= 4 is 5.78 Å². The number of hydrogen-bond acceptors (Lipinski definition) is 3. The van der Waals surface area contributed by atoms with Crippen molar-refractivity contribution in [3.05, 3.63) is 29.8 Å². The standard InChI is InChI=1S/C14H18O3/c1-17-12-7-2-10(3-8-12)4-9-13(15)14(16)11-5-6-11/h2-3,7-8,11,14,16H,4-6,9H2,1H3. The topological polar surface area (TPSA) is 46.5 Å². The van der Waals surface area contributed by atoms with Gasteiger partial charge in [-0.3, -0.25) is 4.79 Å². The highest BCUT2D eigenvalue weighted by Crippen LogP contribution is 2.33. The number of methoxy groups -OCH3 is 1. The van der Waals surface area contributed by atoms with Crippen LogP contribution < -0.4 is 4.74 Å². The van der Waals surface area contributed by atoms with Crippen LogP contribution in [0.3, 0.4) is 0 Å². The van der Waals surface area contributed by atoms with Gasteiger partial charge in [-0.05, 0) is 42.9 Å². The minimum absolute atomic E-state index is 0.0247. The lowest BCUT2D eigenvalue weighted by atomic mass is 10.0. The van der Waals surface area contributed by atoms with Crippen LogP contribution in [-0.4, -0.2) is 24.1 Å². The van der Waals surface area contributed by atoms with E-state index >= 15 is 0 Å². The maximum absolute atomic E-state index is 11.6. The fraction of sp³-hybridized carbons (Fsp3) is 0.500. The summed E-state index contributed by atoms with van der Waals surface area (Å²) in [6.45, 7) is 0. The number of Topliss-reactive ketones (excluding diaryl/α,β-unsaturated/α-hetero) is 1. The van der Waals surface area contributed by atoms with Gasteiger partial charge in [-0.25, -0.2) is 0 Å². The number of ketones is 1. The first-order chi connectivity index (χ1) is 8.20. The molecule has 0 aromatic heterocycles. The first kappa shape index (κ1) is 12.1. The normalized spacial score (nSPS) is 16.6. The Hall–Kier alpha value is -1.35. The van der Waals surface area contributed by atoms with Gasteiger partial charge in [0.15, 0.2) is 5.78 Å². The van der Waals surface area contributed by atoms with E-state index in [2.05, 4.69) is 0 Å². The smallest absolute Gasteiger partial charge is 0.161 e. The van der Waals surface area contributed by atoms with Crippen LogP contribution in [0.15, 0.2) is 24.3 Å². The summed E-state index contributed by atoms with van der Waals surface area (Å²) >= 11 is 0. The summed E-state index contributed by atoms with van der Waals surface area (Å²) in [4.78, 5) is 11.6. The Morgan fingerprint density at radius 3 is 2.59 bits per heavy atom. The van der Waals surface area contributed by atoms with Gasteiger partial charge >= 0.3 is 0 Å². The van der Waals surface area contributed by atoms with E-state index in [1.54, 1.807) is 7.11 Å². The van der Waals surface area contributed by atoms with Crippen molar-refractivity contribution in [2.24, 2.45) is 5.92 Å².